The Morgan fingerprint density at radius 2 is 1.78 bits per heavy atom. The molecule has 1 heterocycles. The van der Waals surface area contributed by atoms with Crippen LogP contribution in [0.25, 0.3) is 0 Å². The van der Waals surface area contributed by atoms with Gasteiger partial charge in [-0.15, -0.1) is 0 Å². The first-order chi connectivity index (χ1) is 8.67. The normalized spacial score (nSPS) is 10.1. The van der Waals surface area contributed by atoms with Crippen LogP contribution in [0.1, 0.15) is 12.6 Å². The van der Waals surface area contributed by atoms with E-state index in [1.165, 1.54) is 0 Å². The summed E-state index contributed by atoms with van der Waals surface area (Å²) >= 11 is 0. The van der Waals surface area contributed by atoms with Gasteiger partial charge in [-0.3, -0.25) is 0 Å². The molecule has 94 valence electrons. The Morgan fingerprint density at radius 1 is 1.11 bits per heavy atom. The van der Waals surface area contributed by atoms with Crippen molar-refractivity contribution in [3.8, 4) is 17.4 Å². The van der Waals surface area contributed by atoms with E-state index in [1.807, 2.05) is 38.1 Å². The molecule has 0 saturated carbocycles. The first-order valence-electron chi connectivity index (χ1n) is 5.69. The summed E-state index contributed by atoms with van der Waals surface area (Å²) in [5.41, 5.74) is 6.32. The number of nitrogens with zero attached hydrogens (tertiary/aromatic N) is 2. The predicted molar refractivity (Wildman–Crippen MR) is 68.9 cm³/mol. The van der Waals surface area contributed by atoms with Crippen molar-refractivity contribution in [3.63, 3.8) is 0 Å². The van der Waals surface area contributed by atoms with Gasteiger partial charge < -0.3 is 15.2 Å². The molecule has 5 heteroatoms. The highest BCUT2D eigenvalue weighted by atomic mass is 16.5. The molecule has 2 rings (SSSR count). The third-order valence-electron chi connectivity index (χ3n) is 2.21. The molecule has 0 aliphatic rings. The van der Waals surface area contributed by atoms with Gasteiger partial charge in [0, 0.05) is 11.8 Å². The Labute approximate surface area is 106 Å². The average molecular weight is 245 g/mol. The molecule has 2 N–H and O–H groups in total. The molecule has 0 aliphatic heterocycles. The van der Waals surface area contributed by atoms with Gasteiger partial charge in [-0.05, 0) is 38.1 Å². The minimum absolute atomic E-state index is 0.205. The molecule has 0 radical (unpaired) electrons. The lowest BCUT2D eigenvalue weighted by Crippen LogP contribution is -1.98. The first kappa shape index (κ1) is 12.2. The Hall–Kier alpha value is -2.30. The predicted octanol–water partition coefficient (Wildman–Crippen LogP) is 2.56. The molecule has 0 amide bonds. The zero-order valence-electron chi connectivity index (χ0n) is 10.4. The Kier molecular flexibility index (Phi) is 3.62. The van der Waals surface area contributed by atoms with Gasteiger partial charge in [-0.2, -0.15) is 4.98 Å². The first-order valence-corrected chi connectivity index (χ1v) is 5.69. The molecule has 0 aliphatic carbocycles. The maximum atomic E-state index is 5.59. The lowest BCUT2D eigenvalue weighted by atomic mass is 10.3. The van der Waals surface area contributed by atoms with Crippen molar-refractivity contribution in [1.82, 2.24) is 9.97 Å². The minimum atomic E-state index is 0.205. The number of hydrogen-bond acceptors (Lipinski definition) is 5. The van der Waals surface area contributed by atoms with Crippen LogP contribution >= 0.6 is 0 Å². The van der Waals surface area contributed by atoms with Crippen LogP contribution in [0.15, 0.2) is 30.3 Å². The van der Waals surface area contributed by atoms with Gasteiger partial charge >= 0.3 is 0 Å². The van der Waals surface area contributed by atoms with Gasteiger partial charge in [0.2, 0.25) is 11.8 Å². The average Bonchev–Trinajstić information content (AvgIpc) is 2.31. The van der Waals surface area contributed by atoms with E-state index in [2.05, 4.69) is 9.97 Å². The molecule has 0 saturated heterocycles. The highest BCUT2D eigenvalue weighted by molar-refractivity contribution is 5.35. The number of aromatic nitrogens is 2. The molecule has 0 unspecified atom stereocenters. The van der Waals surface area contributed by atoms with Gasteiger partial charge in [-0.25, -0.2) is 4.98 Å². The number of benzene rings is 1. The number of nitrogens with two attached hydrogens (primary N) is 1. The molecule has 0 atom stereocenters. The quantitative estimate of drug-likeness (QED) is 0.896. The zero-order chi connectivity index (χ0) is 13.0. The van der Waals surface area contributed by atoms with Crippen molar-refractivity contribution >= 4 is 5.95 Å². The van der Waals surface area contributed by atoms with Crippen molar-refractivity contribution in [1.29, 1.82) is 0 Å². The zero-order valence-corrected chi connectivity index (χ0v) is 10.4. The van der Waals surface area contributed by atoms with Crippen LogP contribution in [0, 0.1) is 6.92 Å². The van der Waals surface area contributed by atoms with E-state index in [1.54, 1.807) is 6.07 Å². The standard InChI is InChI=1S/C13H15N3O2/c1-3-17-10-4-6-11(7-5-10)18-12-8-9(2)15-13(14)16-12/h4-8H,3H2,1-2H3,(H2,14,15,16). The number of ether oxygens (including phenoxy) is 2. The summed E-state index contributed by atoms with van der Waals surface area (Å²) in [4.78, 5) is 7.98. The fraction of sp³-hybridized carbons (Fsp3) is 0.231. The smallest absolute Gasteiger partial charge is 0.224 e. The summed E-state index contributed by atoms with van der Waals surface area (Å²) in [5, 5.41) is 0. The fourth-order valence-electron chi connectivity index (χ4n) is 1.51. The van der Waals surface area contributed by atoms with E-state index in [9.17, 15) is 0 Å². The van der Waals surface area contributed by atoms with Gasteiger partial charge in [0.25, 0.3) is 0 Å². The number of nitrogen functional groups attached to an aromatic ring is 1. The second-order valence-corrected chi connectivity index (χ2v) is 3.71. The molecule has 1 aromatic heterocycles. The van der Waals surface area contributed by atoms with Gasteiger partial charge in [0.1, 0.15) is 11.5 Å². The van der Waals surface area contributed by atoms with Gasteiger partial charge in [0.05, 0.1) is 6.61 Å². The van der Waals surface area contributed by atoms with Crippen LogP contribution in [-0.2, 0) is 0 Å². The number of aryl methyl sites for hydroxylation is 1. The molecule has 1 aromatic carbocycles. The second-order valence-electron chi connectivity index (χ2n) is 3.71. The van der Waals surface area contributed by atoms with Gasteiger partial charge in [0.15, 0.2) is 0 Å². The third kappa shape index (κ3) is 3.10. The third-order valence-corrected chi connectivity index (χ3v) is 2.21. The van der Waals surface area contributed by atoms with E-state index in [0.717, 1.165) is 11.4 Å². The lowest BCUT2D eigenvalue weighted by Gasteiger charge is -2.07. The Bertz CT molecular complexity index is 506. The van der Waals surface area contributed by atoms with Crippen LogP contribution in [0.2, 0.25) is 0 Å². The van der Waals surface area contributed by atoms with E-state index < -0.39 is 0 Å². The molecule has 2 aromatic rings. The van der Waals surface area contributed by atoms with Crippen molar-refractivity contribution < 1.29 is 9.47 Å². The lowest BCUT2D eigenvalue weighted by molar-refractivity contribution is 0.339. The molecule has 0 spiro atoms. The number of anilines is 1. The largest absolute Gasteiger partial charge is 0.494 e. The van der Waals surface area contributed by atoms with Crippen molar-refractivity contribution in [2.75, 3.05) is 12.3 Å². The highest BCUT2D eigenvalue weighted by Gasteiger charge is 2.02. The molecule has 5 nitrogen and oxygen atoms in total. The molecule has 0 fully saturated rings. The van der Waals surface area contributed by atoms with Crippen molar-refractivity contribution in [2.24, 2.45) is 0 Å². The van der Waals surface area contributed by atoms with E-state index in [-0.39, 0.29) is 5.95 Å². The van der Waals surface area contributed by atoms with E-state index in [4.69, 9.17) is 15.2 Å². The molecule has 0 bridgehead atoms. The van der Waals surface area contributed by atoms with E-state index in [0.29, 0.717) is 18.2 Å². The molecular formula is C13H15N3O2. The van der Waals surface area contributed by atoms with Crippen LogP contribution in [0.5, 0.6) is 17.4 Å². The van der Waals surface area contributed by atoms with E-state index >= 15 is 0 Å². The topological polar surface area (TPSA) is 70.3 Å². The second kappa shape index (κ2) is 5.35. The maximum Gasteiger partial charge on any atom is 0.224 e. The summed E-state index contributed by atoms with van der Waals surface area (Å²) in [6, 6.07) is 9.05. The van der Waals surface area contributed by atoms with Crippen LogP contribution in [-0.4, -0.2) is 16.6 Å². The molecular weight excluding hydrogens is 230 g/mol. The summed E-state index contributed by atoms with van der Waals surface area (Å²) in [6.07, 6.45) is 0. The summed E-state index contributed by atoms with van der Waals surface area (Å²) < 4.78 is 10.9. The highest BCUT2D eigenvalue weighted by Crippen LogP contribution is 2.23. The maximum absolute atomic E-state index is 5.59. The fourth-order valence-corrected chi connectivity index (χ4v) is 1.51. The van der Waals surface area contributed by atoms with Crippen LogP contribution in [0.4, 0.5) is 5.95 Å². The Morgan fingerprint density at radius 3 is 2.39 bits per heavy atom. The monoisotopic (exact) mass is 245 g/mol. The van der Waals surface area contributed by atoms with Gasteiger partial charge in [-0.1, -0.05) is 0 Å². The summed E-state index contributed by atoms with van der Waals surface area (Å²) in [7, 11) is 0. The number of rotatable bonds is 4. The minimum Gasteiger partial charge on any atom is -0.494 e. The number of hydrogen-bond donors (Lipinski definition) is 1. The summed E-state index contributed by atoms with van der Waals surface area (Å²) in [5.74, 6) is 2.12. The van der Waals surface area contributed by atoms with Crippen LogP contribution < -0.4 is 15.2 Å². The van der Waals surface area contributed by atoms with Crippen LogP contribution in [0.3, 0.4) is 0 Å². The Balaban J connectivity index is 2.13. The SMILES string of the molecule is CCOc1ccc(Oc2cc(C)nc(N)n2)cc1. The van der Waals surface area contributed by atoms with Crippen molar-refractivity contribution in [2.45, 2.75) is 13.8 Å². The van der Waals surface area contributed by atoms with Crippen molar-refractivity contribution in [3.05, 3.63) is 36.0 Å². The molecule has 18 heavy (non-hydrogen) atoms. The summed E-state index contributed by atoms with van der Waals surface area (Å²) in [6.45, 7) is 4.42.